The van der Waals surface area contributed by atoms with E-state index < -0.39 is 0 Å². The smallest absolute Gasteiger partial charge is 0.229 e. The maximum Gasteiger partial charge on any atom is 0.229 e. The van der Waals surface area contributed by atoms with Crippen LogP contribution in [0.5, 0.6) is 0 Å². The number of thiophene rings is 1. The molecule has 1 aromatic heterocycles. The average molecular weight is 245 g/mol. The van der Waals surface area contributed by atoms with Crippen LogP contribution in [0.3, 0.4) is 0 Å². The molecule has 0 aliphatic carbocycles. The van der Waals surface area contributed by atoms with E-state index in [0.29, 0.717) is 6.42 Å². The van der Waals surface area contributed by atoms with E-state index in [2.05, 4.69) is 5.32 Å². The van der Waals surface area contributed by atoms with E-state index in [-0.39, 0.29) is 5.91 Å². The Hall–Kier alpha value is -1.61. The van der Waals surface area contributed by atoms with Crippen LogP contribution in [0.25, 0.3) is 0 Å². The van der Waals surface area contributed by atoms with Gasteiger partial charge in [0, 0.05) is 15.4 Å². The minimum Gasteiger partial charge on any atom is -0.326 e. The van der Waals surface area contributed by atoms with Crippen LogP contribution in [-0.2, 0) is 11.2 Å². The van der Waals surface area contributed by atoms with Crippen molar-refractivity contribution in [2.75, 3.05) is 5.32 Å². The molecule has 2 aromatic rings. The van der Waals surface area contributed by atoms with Gasteiger partial charge in [0.05, 0.1) is 6.42 Å². The molecule has 0 bridgehead atoms. The Morgan fingerprint density at radius 2 is 2.06 bits per heavy atom. The fourth-order valence-electron chi connectivity index (χ4n) is 1.67. The van der Waals surface area contributed by atoms with Gasteiger partial charge < -0.3 is 5.32 Å². The Kier molecular flexibility index (Phi) is 3.59. The van der Waals surface area contributed by atoms with Crippen LogP contribution < -0.4 is 5.32 Å². The molecule has 0 fully saturated rings. The standard InChI is InChI=1S/C14H15NOS/c1-10-4-3-5-12(8-10)15-14(16)9-13-7-6-11(2)17-13/h3-8H,9H2,1-2H3,(H,15,16). The largest absolute Gasteiger partial charge is 0.326 e. The summed E-state index contributed by atoms with van der Waals surface area (Å²) in [5.41, 5.74) is 2.01. The van der Waals surface area contributed by atoms with Gasteiger partial charge in [-0.3, -0.25) is 4.79 Å². The van der Waals surface area contributed by atoms with E-state index in [1.807, 2.05) is 50.2 Å². The molecular weight excluding hydrogens is 230 g/mol. The first-order valence-electron chi connectivity index (χ1n) is 5.55. The second-order valence-electron chi connectivity index (χ2n) is 4.11. The Morgan fingerprint density at radius 1 is 1.24 bits per heavy atom. The fourth-order valence-corrected chi connectivity index (χ4v) is 2.56. The van der Waals surface area contributed by atoms with Crippen molar-refractivity contribution >= 4 is 22.9 Å². The van der Waals surface area contributed by atoms with E-state index in [1.54, 1.807) is 11.3 Å². The SMILES string of the molecule is Cc1cccc(NC(=O)Cc2ccc(C)s2)c1. The predicted octanol–water partition coefficient (Wildman–Crippen LogP) is 3.55. The zero-order valence-corrected chi connectivity index (χ0v) is 10.8. The Morgan fingerprint density at radius 3 is 2.71 bits per heavy atom. The van der Waals surface area contributed by atoms with Crippen molar-refractivity contribution in [3.05, 3.63) is 51.7 Å². The molecule has 0 aliphatic rings. The molecule has 0 aliphatic heterocycles. The number of carbonyl (C=O) groups is 1. The molecule has 0 atom stereocenters. The van der Waals surface area contributed by atoms with E-state index in [9.17, 15) is 4.79 Å². The zero-order chi connectivity index (χ0) is 12.3. The number of hydrogen-bond acceptors (Lipinski definition) is 2. The Balaban J connectivity index is 1.98. The van der Waals surface area contributed by atoms with Gasteiger partial charge in [0.2, 0.25) is 5.91 Å². The summed E-state index contributed by atoms with van der Waals surface area (Å²) in [4.78, 5) is 14.1. The lowest BCUT2D eigenvalue weighted by molar-refractivity contribution is -0.115. The summed E-state index contributed by atoms with van der Waals surface area (Å²) in [6.45, 7) is 4.06. The Bertz CT molecular complexity index is 531. The topological polar surface area (TPSA) is 29.1 Å². The van der Waals surface area contributed by atoms with Gasteiger partial charge in [-0.2, -0.15) is 0 Å². The molecule has 2 rings (SSSR count). The molecule has 0 saturated carbocycles. The number of anilines is 1. The van der Waals surface area contributed by atoms with Gasteiger partial charge >= 0.3 is 0 Å². The van der Waals surface area contributed by atoms with Gasteiger partial charge in [-0.05, 0) is 43.7 Å². The molecule has 1 aromatic carbocycles. The Labute approximate surface area is 105 Å². The van der Waals surface area contributed by atoms with Crippen molar-refractivity contribution in [3.63, 3.8) is 0 Å². The van der Waals surface area contributed by atoms with Crippen molar-refractivity contribution in [2.24, 2.45) is 0 Å². The average Bonchev–Trinajstić information content (AvgIpc) is 2.63. The number of hydrogen-bond donors (Lipinski definition) is 1. The molecule has 88 valence electrons. The molecule has 2 nitrogen and oxygen atoms in total. The van der Waals surface area contributed by atoms with Gasteiger partial charge in [-0.25, -0.2) is 0 Å². The zero-order valence-electron chi connectivity index (χ0n) is 9.99. The van der Waals surface area contributed by atoms with Crippen LogP contribution in [0.2, 0.25) is 0 Å². The minimum atomic E-state index is 0.0393. The molecule has 1 N–H and O–H groups in total. The minimum absolute atomic E-state index is 0.0393. The molecule has 0 unspecified atom stereocenters. The quantitative estimate of drug-likeness (QED) is 0.880. The second kappa shape index (κ2) is 5.15. The van der Waals surface area contributed by atoms with Gasteiger partial charge in [0.1, 0.15) is 0 Å². The van der Waals surface area contributed by atoms with Crippen molar-refractivity contribution in [3.8, 4) is 0 Å². The van der Waals surface area contributed by atoms with E-state index in [0.717, 1.165) is 16.1 Å². The van der Waals surface area contributed by atoms with Crippen LogP contribution in [0.15, 0.2) is 36.4 Å². The summed E-state index contributed by atoms with van der Waals surface area (Å²) in [5.74, 6) is 0.0393. The summed E-state index contributed by atoms with van der Waals surface area (Å²) in [5, 5.41) is 2.91. The van der Waals surface area contributed by atoms with Crippen LogP contribution in [0, 0.1) is 13.8 Å². The third-order valence-corrected chi connectivity index (χ3v) is 3.43. The highest BCUT2D eigenvalue weighted by Gasteiger charge is 2.05. The molecule has 1 amide bonds. The van der Waals surface area contributed by atoms with Crippen molar-refractivity contribution in [1.29, 1.82) is 0 Å². The van der Waals surface area contributed by atoms with Gasteiger partial charge in [-0.1, -0.05) is 12.1 Å². The third kappa shape index (κ3) is 3.43. The number of amides is 1. The first-order chi connectivity index (χ1) is 8.13. The van der Waals surface area contributed by atoms with Crippen molar-refractivity contribution in [1.82, 2.24) is 0 Å². The van der Waals surface area contributed by atoms with E-state index in [4.69, 9.17) is 0 Å². The lowest BCUT2D eigenvalue weighted by atomic mass is 10.2. The van der Waals surface area contributed by atoms with Crippen LogP contribution in [0.1, 0.15) is 15.3 Å². The molecule has 0 radical (unpaired) electrons. The lowest BCUT2D eigenvalue weighted by Crippen LogP contribution is -2.13. The molecule has 0 saturated heterocycles. The second-order valence-corrected chi connectivity index (χ2v) is 5.48. The van der Waals surface area contributed by atoms with Gasteiger partial charge in [-0.15, -0.1) is 11.3 Å². The van der Waals surface area contributed by atoms with Crippen LogP contribution in [0.4, 0.5) is 5.69 Å². The highest BCUT2D eigenvalue weighted by Crippen LogP contribution is 2.16. The van der Waals surface area contributed by atoms with E-state index in [1.165, 1.54) is 4.88 Å². The molecule has 17 heavy (non-hydrogen) atoms. The first kappa shape index (κ1) is 11.9. The summed E-state index contributed by atoms with van der Waals surface area (Å²) in [6.07, 6.45) is 0.451. The lowest BCUT2D eigenvalue weighted by Gasteiger charge is -2.04. The van der Waals surface area contributed by atoms with E-state index >= 15 is 0 Å². The number of rotatable bonds is 3. The maximum absolute atomic E-state index is 11.8. The van der Waals surface area contributed by atoms with Crippen molar-refractivity contribution < 1.29 is 4.79 Å². The molecule has 1 heterocycles. The first-order valence-corrected chi connectivity index (χ1v) is 6.37. The molecule has 0 spiro atoms. The number of aryl methyl sites for hydroxylation is 2. The van der Waals surface area contributed by atoms with Gasteiger partial charge in [0.25, 0.3) is 0 Å². The van der Waals surface area contributed by atoms with Crippen molar-refractivity contribution in [2.45, 2.75) is 20.3 Å². The summed E-state index contributed by atoms with van der Waals surface area (Å²) in [7, 11) is 0. The molecular formula is C14H15NOS. The van der Waals surface area contributed by atoms with Gasteiger partial charge in [0.15, 0.2) is 0 Å². The third-order valence-electron chi connectivity index (χ3n) is 2.43. The maximum atomic E-state index is 11.8. The van der Waals surface area contributed by atoms with Crippen LogP contribution >= 0.6 is 11.3 Å². The highest BCUT2D eigenvalue weighted by molar-refractivity contribution is 7.12. The number of carbonyl (C=O) groups excluding carboxylic acids is 1. The summed E-state index contributed by atoms with van der Waals surface area (Å²) < 4.78 is 0. The summed E-state index contributed by atoms with van der Waals surface area (Å²) in [6, 6.07) is 11.9. The predicted molar refractivity (Wildman–Crippen MR) is 72.6 cm³/mol. The molecule has 3 heteroatoms. The monoisotopic (exact) mass is 245 g/mol. The normalized spacial score (nSPS) is 10.2. The number of benzene rings is 1. The highest BCUT2D eigenvalue weighted by atomic mass is 32.1. The van der Waals surface area contributed by atoms with Crippen LogP contribution in [-0.4, -0.2) is 5.91 Å². The fraction of sp³-hybridized carbons (Fsp3) is 0.214. The number of nitrogens with one attached hydrogen (secondary N) is 1. The summed E-state index contributed by atoms with van der Waals surface area (Å²) >= 11 is 1.67.